The molecule has 136 valence electrons. The third kappa shape index (κ3) is 3.57. The number of hydrogen-bond acceptors (Lipinski definition) is 3. The smallest absolute Gasteiger partial charge is 0.315 e. The normalized spacial score (nSPS) is 36.2. The number of piperidine rings is 1. The zero-order valence-corrected chi connectivity index (χ0v) is 14.9. The van der Waals surface area contributed by atoms with E-state index in [1.165, 1.54) is 57.9 Å². The molecule has 1 spiro atoms. The van der Waals surface area contributed by atoms with Gasteiger partial charge in [0.25, 0.3) is 0 Å². The van der Waals surface area contributed by atoms with E-state index in [0.29, 0.717) is 12.1 Å². The molecule has 0 aromatic carbocycles. The summed E-state index contributed by atoms with van der Waals surface area (Å²) in [7, 11) is 0. The number of nitrogens with one attached hydrogen (secondary N) is 2. The number of carbonyl (C=O) groups is 1. The summed E-state index contributed by atoms with van der Waals surface area (Å²) in [6, 6.07) is 1.24. The van der Waals surface area contributed by atoms with Gasteiger partial charge < -0.3 is 15.4 Å². The third-order valence-electron chi connectivity index (χ3n) is 6.77. The summed E-state index contributed by atoms with van der Waals surface area (Å²) >= 11 is 0. The van der Waals surface area contributed by atoms with Crippen molar-refractivity contribution in [2.24, 2.45) is 0 Å². The summed E-state index contributed by atoms with van der Waals surface area (Å²) in [4.78, 5) is 15.1. The first-order valence-corrected chi connectivity index (χ1v) is 10.2. The number of fused-ring (bicyclic) bond motifs is 1. The summed E-state index contributed by atoms with van der Waals surface area (Å²) in [5, 5.41) is 6.55. The lowest BCUT2D eigenvalue weighted by molar-refractivity contribution is -0.107. The monoisotopic (exact) mass is 335 g/mol. The van der Waals surface area contributed by atoms with Crippen LogP contribution >= 0.6 is 0 Å². The summed E-state index contributed by atoms with van der Waals surface area (Å²) in [5.74, 6) is 0. The minimum absolute atomic E-state index is 0.0466. The Kier molecular flexibility index (Phi) is 5.00. The maximum Gasteiger partial charge on any atom is 0.315 e. The van der Waals surface area contributed by atoms with Gasteiger partial charge in [0.05, 0.1) is 5.60 Å². The first-order chi connectivity index (χ1) is 11.7. The standard InChI is InChI=1S/C19H33N3O2/c23-18(21-16-7-12-22-11-5-2-6-17(16)22)20-15-8-13-24-19(14-15)9-3-1-4-10-19/h15-17H,1-14H2,(H2,20,21,23)/t15-,16+,17+/m1/s1. The molecule has 0 aromatic rings. The second-order valence-corrected chi connectivity index (χ2v) is 8.39. The Labute approximate surface area is 145 Å². The second kappa shape index (κ2) is 7.20. The highest BCUT2D eigenvalue weighted by atomic mass is 16.5. The molecule has 0 bridgehead atoms. The fourth-order valence-corrected chi connectivity index (χ4v) is 5.51. The first-order valence-electron chi connectivity index (χ1n) is 10.2. The SMILES string of the molecule is O=C(N[C@@H]1CCOC2(CCCCC2)C1)N[C@H]1CCN2CCCC[C@@H]12. The number of urea groups is 1. The van der Waals surface area contributed by atoms with Gasteiger partial charge in [-0.3, -0.25) is 4.90 Å². The van der Waals surface area contributed by atoms with Gasteiger partial charge >= 0.3 is 6.03 Å². The molecule has 1 saturated carbocycles. The fraction of sp³-hybridized carbons (Fsp3) is 0.947. The number of ether oxygens (including phenoxy) is 1. The molecule has 24 heavy (non-hydrogen) atoms. The Hall–Kier alpha value is -0.810. The highest BCUT2D eigenvalue weighted by Crippen LogP contribution is 2.38. The molecule has 3 atom stereocenters. The Morgan fingerprint density at radius 2 is 1.83 bits per heavy atom. The molecule has 0 unspecified atom stereocenters. The summed E-state index contributed by atoms with van der Waals surface area (Å²) < 4.78 is 6.14. The van der Waals surface area contributed by atoms with Crippen molar-refractivity contribution in [2.75, 3.05) is 19.7 Å². The van der Waals surface area contributed by atoms with Crippen LogP contribution in [0.4, 0.5) is 4.79 Å². The summed E-state index contributed by atoms with van der Waals surface area (Å²) in [6.07, 6.45) is 13.2. The van der Waals surface area contributed by atoms with Crippen LogP contribution in [-0.4, -0.2) is 54.4 Å². The molecule has 3 aliphatic heterocycles. The van der Waals surface area contributed by atoms with Crippen LogP contribution in [0.2, 0.25) is 0 Å². The van der Waals surface area contributed by atoms with Crippen LogP contribution in [-0.2, 0) is 4.74 Å². The quantitative estimate of drug-likeness (QED) is 0.816. The van der Waals surface area contributed by atoms with Crippen LogP contribution in [0.3, 0.4) is 0 Å². The molecule has 5 nitrogen and oxygen atoms in total. The van der Waals surface area contributed by atoms with Crippen molar-refractivity contribution in [3.63, 3.8) is 0 Å². The van der Waals surface area contributed by atoms with Crippen LogP contribution in [0.1, 0.15) is 70.6 Å². The molecular formula is C19H33N3O2. The van der Waals surface area contributed by atoms with Crippen molar-refractivity contribution in [2.45, 2.75) is 94.4 Å². The summed E-state index contributed by atoms with van der Waals surface area (Å²) in [5.41, 5.74) is 0.0575. The van der Waals surface area contributed by atoms with Crippen molar-refractivity contribution >= 4 is 6.03 Å². The lowest BCUT2D eigenvalue weighted by Gasteiger charge is -2.43. The number of nitrogens with zero attached hydrogens (tertiary/aromatic N) is 1. The van der Waals surface area contributed by atoms with E-state index in [1.807, 2.05) is 0 Å². The van der Waals surface area contributed by atoms with E-state index in [1.54, 1.807) is 0 Å². The van der Waals surface area contributed by atoms with Gasteiger partial charge in [-0.2, -0.15) is 0 Å². The molecule has 4 rings (SSSR count). The predicted octanol–water partition coefficient (Wildman–Crippen LogP) is 2.79. The number of rotatable bonds is 2. The van der Waals surface area contributed by atoms with E-state index in [-0.39, 0.29) is 17.7 Å². The Bertz CT molecular complexity index is 444. The lowest BCUT2D eigenvalue weighted by Crippen LogP contribution is -2.54. The van der Waals surface area contributed by atoms with Gasteiger partial charge in [0, 0.05) is 31.3 Å². The molecule has 2 N–H and O–H groups in total. The van der Waals surface area contributed by atoms with Crippen molar-refractivity contribution in [3.8, 4) is 0 Å². The zero-order valence-electron chi connectivity index (χ0n) is 14.9. The Morgan fingerprint density at radius 3 is 2.71 bits per heavy atom. The largest absolute Gasteiger partial charge is 0.375 e. The van der Waals surface area contributed by atoms with Crippen molar-refractivity contribution in [1.29, 1.82) is 0 Å². The maximum atomic E-state index is 12.5. The highest BCUT2D eigenvalue weighted by molar-refractivity contribution is 5.74. The highest BCUT2D eigenvalue weighted by Gasteiger charge is 2.40. The van der Waals surface area contributed by atoms with Crippen LogP contribution < -0.4 is 10.6 Å². The van der Waals surface area contributed by atoms with Crippen LogP contribution in [0, 0.1) is 0 Å². The van der Waals surface area contributed by atoms with Gasteiger partial charge in [0.15, 0.2) is 0 Å². The van der Waals surface area contributed by atoms with Gasteiger partial charge in [-0.15, -0.1) is 0 Å². The van der Waals surface area contributed by atoms with Gasteiger partial charge in [-0.05, 0) is 51.5 Å². The lowest BCUT2D eigenvalue weighted by atomic mass is 9.78. The number of carbonyl (C=O) groups excluding carboxylic acids is 1. The average molecular weight is 335 g/mol. The van der Waals surface area contributed by atoms with Gasteiger partial charge in [0.2, 0.25) is 0 Å². The Balaban J connectivity index is 1.28. The van der Waals surface area contributed by atoms with Gasteiger partial charge in [-0.1, -0.05) is 25.7 Å². The first kappa shape index (κ1) is 16.6. The molecule has 0 radical (unpaired) electrons. The van der Waals surface area contributed by atoms with Crippen molar-refractivity contribution < 1.29 is 9.53 Å². The third-order valence-corrected chi connectivity index (χ3v) is 6.77. The fourth-order valence-electron chi connectivity index (χ4n) is 5.51. The average Bonchev–Trinajstić information content (AvgIpc) is 2.99. The number of amides is 2. The number of hydrogen-bond donors (Lipinski definition) is 2. The molecule has 5 heteroatoms. The van der Waals surface area contributed by atoms with Crippen LogP contribution in [0.5, 0.6) is 0 Å². The zero-order chi connectivity index (χ0) is 16.4. The van der Waals surface area contributed by atoms with E-state index in [4.69, 9.17) is 4.74 Å². The molecule has 1 aliphatic carbocycles. The van der Waals surface area contributed by atoms with E-state index >= 15 is 0 Å². The Morgan fingerprint density at radius 1 is 0.958 bits per heavy atom. The maximum absolute atomic E-state index is 12.5. The topological polar surface area (TPSA) is 53.6 Å². The molecule has 0 aromatic heterocycles. The van der Waals surface area contributed by atoms with E-state index in [2.05, 4.69) is 15.5 Å². The van der Waals surface area contributed by atoms with Crippen molar-refractivity contribution in [3.05, 3.63) is 0 Å². The summed E-state index contributed by atoms with van der Waals surface area (Å²) in [6.45, 7) is 3.16. The van der Waals surface area contributed by atoms with Crippen LogP contribution in [0.25, 0.3) is 0 Å². The van der Waals surface area contributed by atoms with Gasteiger partial charge in [0.1, 0.15) is 0 Å². The van der Waals surface area contributed by atoms with Crippen LogP contribution in [0.15, 0.2) is 0 Å². The van der Waals surface area contributed by atoms with E-state index < -0.39 is 0 Å². The molecule has 3 heterocycles. The van der Waals surface area contributed by atoms with Gasteiger partial charge in [-0.25, -0.2) is 4.79 Å². The molecule has 4 aliphatic rings. The minimum Gasteiger partial charge on any atom is -0.375 e. The second-order valence-electron chi connectivity index (χ2n) is 8.39. The van der Waals surface area contributed by atoms with Crippen molar-refractivity contribution in [1.82, 2.24) is 15.5 Å². The molecular weight excluding hydrogens is 302 g/mol. The van der Waals surface area contributed by atoms with E-state index in [0.717, 1.165) is 32.4 Å². The predicted molar refractivity (Wildman–Crippen MR) is 94.1 cm³/mol. The molecule has 4 fully saturated rings. The molecule has 2 amide bonds. The van der Waals surface area contributed by atoms with E-state index in [9.17, 15) is 4.79 Å². The molecule has 3 saturated heterocycles. The minimum atomic E-state index is 0.0466.